The van der Waals surface area contributed by atoms with Gasteiger partial charge in [0.15, 0.2) is 0 Å². The maximum atomic E-state index is 13.2. The van der Waals surface area contributed by atoms with Crippen LogP contribution in [-0.2, 0) is 10.0 Å². The van der Waals surface area contributed by atoms with Crippen LogP contribution < -0.4 is 0 Å². The van der Waals surface area contributed by atoms with Crippen molar-refractivity contribution in [1.29, 1.82) is 0 Å². The maximum absolute atomic E-state index is 13.2. The van der Waals surface area contributed by atoms with E-state index in [0.717, 1.165) is 37.7 Å². The molecule has 2 aliphatic heterocycles. The zero-order valence-electron chi connectivity index (χ0n) is 16.7. The summed E-state index contributed by atoms with van der Waals surface area (Å²) in [6.45, 7) is 4.19. The van der Waals surface area contributed by atoms with Crippen LogP contribution in [0.2, 0.25) is 0 Å². The van der Waals surface area contributed by atoms with Gasteiger partial charge in [-0.3, -0.25) is 4.79 Å². The van der Waals surface area contributed by atoms with E-state index in [9.17, 15) is 13.2 Å². The van der Waals surface area contributed by atoms with Crippen molar-refractivity contribution in [3.05, 3.63) is 41.7 Å². The predicted molar refractivity (Wildman–Crippen MR) is 108 cm³/mol. The molecular weight excluding hydrogens is 390 g/mol. The molecule has 3 heterocycles. The summed E-state index contributed by atoms with van der Waals surface area (Å²) in [7, 11) is -3.56. The average Bonchev–Trinajstić information content (AvgIpc) is 3.29. The highest BCUT2D eigenvalue weighted by atomic mass is 32.2. The van der Waals surface area contributed by atoms with E-state index >= 15 is 0 Å². The monoisotopic (exact) mass is 417 g/mol. The summed E-state index contributed by atoms with van der Waals surface area (Å²) < 4.78 is 29.4. The zero-order valence-corrected chi connectivity index (χ0v) is 17.5. The second kappa shape index (κ2) is 8.23. The van der Waals surface area contributed by atoms with Gasteiger partial charge in [-0.15, -0.1) is 5.10 Å². The normalized spacial score (nSPS) is 19.4. The van der Waals surface area contributed by atoms with Crippen LogP contribution in [-0.4, -0.2) is 64.7 Å². The number of nitrogens with zero attached hydrogens (tertiary/aromatic N) is 5. The lowest BCUT2D eigenvalue weighted by molar-refractivity contribution is 0.0688. The molecule has 1 aromatic carbocycles. The number of carbonyl (C=O) groups excluding carboxylic acids is 1. The van der Waals surface area contributed by atoms with E-state index in [-0.39, 0.29) is 16.8 Å². The highest BCUT2D eigenvalue weighted by Crippen LogP contribution is 2.26. The molecule has 4 rings (SSSR count). The van der Waals surface area contributed by atoms with Gasteiger partial charge in [0, 0.05) is 37.9 Å². The van der Waals surface area contributed by atoms with Crippen LogP contribution >= 0.6 is 0 Å². The van der Waals surface area contributed by atoms with Gasteiger partial charge in [0.05, 0.1) is 17.1 Å². The first-order valence-electron chi connectivity index (χ1n) is 10.2. The van der Waals surface area contributed by atoms with Gasteiger partial charge in [-0.05, 0) is 50.3 Å². The van der Waals surface area contributed by atoms with Crippen molar-refractivity contribution in [1.82, 2.24) is 24.2 Å². The molecule has 0 saturated carbocycles. The third-order valence-electron chi connectivity index (χ3n) is 5.96. The minimum atomic E-state index is -3.56. The smallest absolute Gasteiger partial charge is 0.254 e. The van der Waals surface area contributed by atoms with E-state index in [4.69, 9.17) is 0 Å². The van der Waals surface area contributed by atoms with Crippen molar-refractivity contribution in [2.24, 2.45) is 0 Å². The molecule has 0 aliphatic carbocycles. The Labute approximate surface area is 171 Å². The number of aryl methyl sites for hydroxylation is 1. The number of sulfonamides is 1. The van der Waals surface area contributed by atoms with Crippen LogP contribution in [0.25, 0.3) is 0 Å². The third-order valence-corrected chi connectivity index (χ3v) is 7.85. The van der Waals surface area contributed by atoms with E-state index in [0.29, 0.717) is 31.7 Å². The van der Waals surface area contributed by atoms with Crippen LogP contribution in [0.1, 0.15) is 54.1 Å². The molecule has 8 nitrogen and oxygen atoms in total. The van der Waals surface area contributed by atoms with Crippen LogP contribution in [0.5, 0.6) is 0 Å². The maximum Gasteiger partial charge on any atom is 0.254 e. The fourth-order valence-electron chi connectivity index (χ4n) is 4.16. The molecule has 2 aliphatic rings. The van der Waals surface area contributed by atoms with Gasteiger partial charge in [-0.25, -0.2) is 13.1 Å². The fraction of sp³-hybridized carbons (Fsp3) is 0.550. The number of rotatable bonds is 4. The standard InChI is InChI=1S/C20H27N5O3S/c1-16-5-6-18(29(27,28)24-10-3-2-4-11-24)15-19(16)20(26)23-12-7-17(8-13-23)25-14-9-21-22-25/h5-6,9,14-15,17H,2-4,7-8,10-13H2,1H3. The van der Waals surface area contributed by atoms with E-state index in [2.05, 4.69) is 10.3 Å². The lowest BCUT2D eigenvalue weighted by Crippen LogP contribution is -2.39. The first-order chi connectivity index (χ1) is 14.0. The molecule has 0 atom stereocenters. The quantitative estimate of drug-likeness (QED) is 0.761. The van der Waals surface area contributed by atoms with Crippen LogP contribution in [0.4, 0.5) is 0 Å². The molecule has 156 valence electrons. The van der Waals surface area contributed by atoms with Crippen LogP contribution in [0.3, 0.4) is 0 Å². The highest BCUT2D eigenvalue weighted by Gasteiger charge is 2.29. The molecule has 2 fully saturated rings. The largest absolute Gasteiger partial charge is 0.338 e. The van der Waals surface area contributed by atoms with E-state index in [1.54, 1.807) is 28.7 Å². The minimum Gasteiger partial charge on any atom is -0.338 e. The van der Waals surface area contributed by atoms with Gasteiger partial charge < -0.3 is 4.90 Å². The first-order valence-corrected chi connectivity index (χ1v) is 11.7. The first kappa shape index (κ1) is 20.0. The summed E-state index contributed by atoms with van der Waals surface area (Å²) in [6.07, 6.45) is 7.96. The highest BCUT2D eigenvalue weighted by molar-refractivity contribution is 7.89. The van der Waals surface area contributed by atoms with Crippen LogP contribution in [0, 0.1) is 6.92 Å². The van der Waals surface area contributed by atoms with E-state index in [1.807, 2.05) is 22.7 Å². The summed E-state index contributed by atoms with van der Waals surface area (Å²) in [5.74, 6) is -0.102. The van der Waals surface area contributed by atoms with Crippen molar-refractivity contribution >= 4 is 15.9 Å². The van der Waals surface area contributed by atoms with Gasteiger partial charge in [-0.1, -0.05) is 17.7 Å². The lowest BCUT2D eigenvalue weighted by atomic mass is 10.0. The molecule has 1 amide bonds. The number of aromatic nitrogens is 3. The van der Waals surface area contributed by atoms with Crippen LogP contribution in [0.15, 0.2) is 35.5 Å². The minimum absolute atomic E-state index is 0.102. The van der Waals surface area contributed by atoms with Gasteiger partial charge in [-0.2, -0.15) is 4.31 Å². The molecule has 0 spiro atoms. The number of hydrogen-bond acceptors (Lipinski definition) is 5. The molecule has 0 N–H and O–H groups in total. The number of carbonyl (C=O) groups is 1. The number of likely N-dealkylation sites (tertiary alicyclic amines) is 1. The second-order valence-electron chi connectivity index (χ2n) is 7.85. The Kier molecular flexibility index (Phi) is 5.69. The summed E-state index contributed by atoms with van der Waals surface area (Å²) in [6, 6.07) is 5.16. The molecule has 2 aromatic rings. The van der Waals surface area contributed by atoms with Crippen molar-refractivity contribution in [2.75, 3.05) is 26.2 Å². The Bertz CT molecular complexity index is 960. The fourth-order valence-corrected chi connectivity index (χ4v) is 5.71. The number of piperidine rings is 2. The zero-order chi connectivity index (χ0) is 20.4. The molecule has 2 saturated heterocycles. The van der Waals surface area contributed by atoms with Gasteiger partial charge in [0.25, 0.3) is 5.91 Å². The Morgan fingerprint density at radius 2 is 1.79 bits per heavy atom. The molecule has 0 bridgehead atoms. The summed E-state index contributed by atoms with van der Waals surface area (Å²) in [5.41, 5.74) is 1.27. The van der Waals surface area contributed by atoms with Crippen molar-refractivity contribution in [3.8, 4) is 0 Å². The van der Waals surface area contributed by atoms with Gasteiger partial charge >= 0.3 is 0 Å². The Morgan fingerprint density at radius 1 is 1.07 bits per heavy atom. The SMILES string of the molecule is Cc1ccc(S(=O)(=O)N2CCCCC2)cc1C(=O)N1CCC(n2ccnn2)CC1. The molecule has 0 radical (unpaired) electrons. The summed E-state index contributed by atoms with van der Waals surface area (Å²) in [4.78, 5) is 15.2. The number of amides is 1. The number of hydrogen-bond donors (Lipinski definition) is 0. The van der Waals surface area contributed by atoms with Crippen molar-refractivity contribution < 1.29 is 13.2 Å². The van der Waals surface area contributed by atoms with Gasteiger partial charge in [0.2, 0.25) is 10.0 Å². The Morgan fingerprint density at radius 3 is 2.45 bits per heavy atom. The Hall–Kier alpha value is -2.26. The van der Waals surface area contributed by atoms with Crippen molar-refractivity contribution in [3.63, 3.8) is 0 Å². The average molecular weight is 418 g/mol. The summed E-state index contributed by atoms with van der Waals surface area (Å²) in [5, 5.41) is 7.91. The molecular formula is C20H27N5O3S. The molecule has 1 aromatic heterocycles. The predicted octanol–water partition coefficient (Wildman–Crippen LogP) is 2.24. The molecule has 9 heteroatoms. The lowest BCUT2D eigenvalue weighted by Gasteiger charge is -2.32. The molecule has 29 heavy (non-hydrogen) atoms. The third kappa shape index (κ3) is 4.06. The topological polar surface area (TPSA) is 88.4 Å². The van der Waals surface area contributed by atoms with Crippen molar-refractivity contribution in [2.45, 2.75) is 50.0 Å². The molecule has 0 unspecified atom stereocenters. The van der Waals surface area contributed by atoms with E-state index < -0.39 is 10.0 Å². The summed E-state index contributed by atoms with van der Waals surface area (Å²) >= 11 is 0. The second-order valence-corrected chi connectivity index (χ2v) is 9.79. The van der Waals surface area contributed by atoms with E-state index in [1.165, 1.54) is 0 Å². The number of benzene rings is 1. The Balaban J connectivity index is 1.51. The van der Waals surface area contributed by atoms with Gasteiger partial charge in [0.1, 0.15) is 0 Å².